The quantitative estimate of drug-likeness (QED) is 0.481. The van der Waals surface area contributed by atoms with Crippen LogP contribution in [0.2, 0.25) is 5.02 Å². The summed E-state index contributed by atoms with van der Waals surface area (Å²) in [6.07, 6.45) is 0. The Hall–Kier alpha value is -1.71. The van der Waals surface area contributed by atoms with Gasteiger partial charge >= 0.3 is 0 Å². The molecule has 0 spiro atoms. The van der Waals surface area contributed by atoms with Gasteiger partial charge in [0.05, 0.1) is 4.92 Å². The van der Waals surface area contributed by atoms with E-state index >= 15 is 0 Å². The third kappa shape index (κ3) is 2.74. The number of hydrogen-bond donors (Lipinski definition) is 0. The summed E-state index contributed by atoms with van der Waals surface area (Å²) in [5.74, 6) is 0.0924. The highest BCUT2D eigenvalue weighted by Crippen LogP contribution is 2.28. The lowest BCUT2D eigenvalue weighted by Crippen LogP contribution is -2.03. The van der Waals surface area contributed by atoms with Crippen molar-refractivity contribution in [2.24, 2.45) is 7.05 Å². The number of nitrogens with zero attached hydrogens (tertiary/aromatic N) is 4. The Labute approximate surface area is 122 Å². The summed E-state index contributed by atoms with van der Waals surface area (Å²) in [4.78, 5) is 10.2. The average molecular weight is 337 g/mol. The van der Waals surface area contributed by atoms with E-state index in [0.717, 1.165) is 4.57 Å². The van der Waals surface area contributed by atoms with Gasteiger partial charge in [0.2, 0.25) is 0 Å². The normalized spacial score (nSPS) is 11.6. The van der Waals surface area contributed by atoms with Gasteiger partial charge in [-0.2, -0.15) is 0 Å². The zero-order valence-electron chi connectivity index (χ0n) is 9.82. The molecule has 0 N–H and O–H groups in total. The molecule has 2 aromatic rings. The monoisotopic (exact) mass is 336 g/mol. The fraction of sp³-hybridized carbons (Fsp3) is 0.111. The average Bonchev–Trinajstić information content (AvgIpc) is 2.69. The van der Waals surface area contributed by atoms with Crippen LogP contribution in [0, 0.1) is 10.1 Å². The van der Waals surface area contributed by atoms with Gasteiger partial charge in [0, 0.05) is 40.4 Å². The van der Waals surface area contributed by atoms with Crippen molar-refractivity contribution in [2.75, 3.05) is 0 Å². The van der Waals surface area contributed by atoms with E-state index in [0.29, 0.717) is 0 Å². The first-order valence-corrected chi connectivity index (χ1v) is 7.68. The van der Waals surface area contributed by atoms with E-state index in [4.69, 9.17) is 22.3 Å². The van der Waals surface area contributed by atoms with Gasteiger partial charge in [-0.05, 0) is 6.07 Å². The number of nitro benzene ring substituents is 1. The van der Waals surface area contributed by atoms with Gasteiger partial charge in [-0.1, -0.05) is 11.6 Å². The van der Waals surface area contributed by atoms with Crippen LogP contribution >= 0.6 is 22.3 Å². The third-order valence-corrected chi connectivity index (χ3v) is 3.83. The molecule has 106 valence electrons. The van der Waals surface area contributed by atoms with Crippen molar-refractivity contribution in [3.05, 3.63) is 33.3 Å². The second kappa shape index (κ2) is 5.00. The van der Waals surface area contributed by atoms with Gasteiger partial charge in [-0.3, -0.25) is 14.7 Å². The summed E-state index contributed by atoms with van der Waals surface area (Å²) in [5.41, 5.74) is 0.0107. The summed E-state index contributed by atoms with van der Waals surface area (Å²) in [7, 11) is 2.50. The number of non-ortho nitro benzene ring substituents is 1. The van der Waals surface area contributed by atoms with Crippen LogP contribution in [-0.4, -0.2) is 28.1 Å². The van der Waals surface area contributed by atoms with Gasteiger partial charge in [0.1, 0.15) is 0 Å². The summed E-state index contributed by atoms with van der Waals surface area (Å²) >= 11 is 5.79. The first-order valence-electron chi connectivity index (χ1n) is 4.99. The Morgan fingerprint density at radius 2 is 1.95 bits per heavy atom. The van der Waals surface area contributed by atoms with E-state index in [1.54, 1.807) is 0 Å². The number of hydrogen-bond acceptors (Lipinski definition) is 6. The highest BCUT2D eigenvalue weighted by Gasteiger charge is 2.22. The summed E-state index contributed by atoms with van der Waals surface area (Å²) < 4.78 is 23.6. The molecule has 0 aliphatic rings. The minimum Gasteiger partial charge on any atom is -0.300 e. The van der Waals surface area contributed by atoms with Crippen LogP contribution < -0.4 is 0 Å². The lowest BCUT2D eigenvalue weighted by atomic mass is 10.2. The predicted octanol–water partition coefficient (Wildman–Crippen LogP) is 1.97. The first-order chi connectivity index (χ1) is 9.20. The Morgan fingerprint density at radius 1 is 1.30 bits per heavy atom. The fourth-order valence-corrected chi connectivity index (χ4v) is 2.77. The molecule has 0 aliphatic carbocycles. The molecule has 20 heavy (non-hydrogen) atoms. The SMILES string of the molecule is Cn1c(-c2cc(Cl)cc([N+](=O)[O-])c2)nnc1S(=O)(=O)Cl. The zero-order chi connectivity index (χ0) is 15.1. The number of halogens is 2. The minimum absolute atomic E-state index is 0.0924. The van der Waals surface area contributed by atoms with E-state index in [-0.39, 0.29) is 22.1 Å². The van der Waals surface area contributed by atoms with Crippen molar-refractivity contribution < 1.29 is 13.3 Å². The van der Waals surface area contributed by atoms with E-state index in [1.165, 1.54) is 25.2 Å². The van der Waals surface area contributed by atoms with Crippen LogP contribution in [-0.2, 0) is 16.1 Å². The molecule has 2 rings (SSSR count). The molecule has 11 heteroatoms. The minimum atomic E-state index is -4.06. The Bertz CT molecular complexity index is 802. The molecule has 1 aromatic carbocycles. The molecule has 0 aliphatic heterocycles. The molecule has 0 saturated heterocycles. The Morgan fingerprint density at radius 3 is 2.45 bits per heavy atom. The van der Waals surface area contributed by atoms with Gasteiger partial charge in [-0.25, -0.2) is 8.42 Å². The van der Waals surface area contributed by atoms with E-state index in [1.807, 2.05) is 0 Å². The second-order valence-electron chi connectivity index (χ2n) is 3.76. The van der Waals surface area contributed by atoms with Crippen molar-refractivity contribution in [1.29, 1.82) is 0 Å². The standard InChI is InChI=1S/C9H6Cl2N4O4S/c1-14-8(12-13-9(14)20(11,18)19)5-2-6(10)4-7(3-5)15(16)17/h2-4H,1H3. The molecular formula is C9H6Cl2N4O4S. The zero-order valence-corrected chi connectivity index (χ0v) is 12.1. The number of rotatable bonds is 3. The van der Waals surface area contributed by atoms with Crippen LogP contribution in [0.3, 0.4) is 0 Å². The van der Waals surface area contributed by atoms with E-state index < -0.39 is 19.1 Å². The fourth-order valence-electron chi connectivity index (χ4n) is 1.59. The third-order valence-electron chi connectivity index (χ3n) is 2.40. The van der Waals surface area contributed by atoms with Crippen LogP contribution in [0.5, 0.6) is 0 Å². The molecule has 1 heterocycles. The Kier molecular flexibility index (Phi) is 3.67. The highest BCUT2D eigenvalue weighted by atomic mass is 35.7. The van der Waals surface area contributed by atoms with Gasteiger partial charge in [0.15, 0.2) is 5.82 Å². The largest absolute Gasteiger partial charge is 0.300 e. The molecular weight excluding hydrogens is 331 g/mol. The van der Waals surface area contributed by atoms with Crippen molar-refractivity contribution >= 4 is 37.0 Å². The molecule has 0 radical (unpaired) electrons. The maximum Gasteiger partial charge on any atom is 0.296 e. The predicted molar refractivity (Wildman–Crippen MR) is 71.1 cm³/mol. The van der Waals surface area contributed by atoms with Gasteiger partial charge in [0.25, 0.3) is 19.9 Å². The van der Waals surface area contributed by atoms with Crippen LogP contribution in [0.25, 0.3) is 11.4 Å². The van der Waals surface area contributed by atoms with Gasteiger partial charge in [-0.15, -0.1) is 10.2 Å². The molecule has 0 saturated carbocycles. The second-order valence-corrected chi connectivity index (χ2v) is 6.65. The highest BCUT2D eigenvalue weighted by molar-refractivity contribution is 8.13. The van der Waals surface area contributed by atoms with Crippen LogP contribution in [0.15, 0.2) is 23.4 Å². The topological polar surface area (TPSA) is 108 Å². The molecule has 0 bridgehead atoms. The lowest BCUT2D eigenvalue weighted by Gasteiger charge is -2.03. The summed E-state index contributed by atoms with van der Waals surface area (Å²) in [6.45, 7) is 0. The molecule has 0 atom stereocenters. The van der Waals surface area contributed by atoms with E-state index in [9.17, 15) is 18.5 Å². The molecule has 8 nitrogen and oxygen atoms in total. The molecule has 0 fully saturated rings. The maximum absolute atomic E-state index is 11.2. The maximum atomic E-state index is 11.2. The van der Waals surface area contributed by atoms with Gasteiger partial charge < -0.3 is 0 Å². The molecule has 1 aromatic heterocycles. The molecule has 0 unspecified atom stereocenters. The van der Waals surface area contributed by atoms with Crippen molar-refractivity contribution in [3.63, 3.8) is 0 Å². The molecule has 0 amide bonds. The first kappa shape index (κ1) is 14.7. The van der Waals surface area contributed by atoms with Crippen LogP contribution in [0.4, 0.5) is 5.69 Å². The number of nitro groups is 1. The van der Waals surface area contributed by atoms with Crippen LogP contribution in [0.1, 0.15) is 0 Å². The van der Waals surface area contributed by atoms with Crippen molar-refractivity contribution in [2.45, 2.75) is 5.16 Å². The van der Waals surface area contributed by atoms with E-state index in [2.05, 4.69) is 10.2 Å². The lowest BCUT2D eigenvalue weighted by molar-refractivity contribution is -0.384. The number of aromatic nitrogens is 3. The smallest absolute Gasteiger partial charge is 0.296 e. The van der Waals surface area contributed by atoms with Crippen molar-refractivity contribution in [3.8, 4) is 11.4 Å². The summed E-state index contributed by atoms with van der Waals surface area (Å²) in [5, 5.41) is 17.5. The Balaban J connectivity index is 2.64. The summed E-state index contributed by atoms with van der Waals surface area (Å²) in [6, 6.07) is 3.78. The number of benzene rings is 1. The van der Waals surface area contributed by atoms with Crippen molar-refractivity contribution in [1.82, 2.24) is 14.8 Å².